The third-order valence-electron chi connectivity index (χ3n) is 2.66. The first-order chi connectivity index (χ1) is 8.93. The number of fused-ring (bicyclic) bond motifs is 2. The van der Waals surface area contributed by atoms with Gasteiger partial charge in [0.05, 0.1) is 0 Å². The second kappa shape index (κ2) is 9.07. The predicted octanol–water partition coefficient (Wildman–Crippen LogP) is -8.13. The van der Waals surface area contributed by atoms with Crippen LogP contribution in [-0.4, -0.2) is 0 Å². The van der Waals surface area contributed by atoms with Crippen LogP contribution in [0.2, 0.25) is 0 Å². The Hall–Kier alpha value is -0.0400. The molecule has 20 heavy (non-hydrogen) atoms. The lowest BCUT2D eigenvalue weighted by atomic mass is 10.2. The molecule has 0 spiro atoms. The van der Waals surface area contributed by atoms with Gasteiger partial charge in [0, 0.05) is 11.1 Å². The topological polar surface area (TPSA) is 0 Å². The number of benzene rings is 2. The van der Waals surface area contributed by atoms with Crippen LogP contribution in [0.15, 0.2) is 56.7 Å². The fourth-order valence-corrected chi connectivity index (χ4v) is 5.93. The summed E-state index contributed by atoms with van der Waals surface area (Å²) in [5.74, 6) is 0. The van der Waals surface area contributed by atoms with E-state index in [9.17, 15) is 0 Å². The molecule has 0 atom stereocenters. The smallest absolute Gasteiger partial charge is 0.350 e. The zero-order valence-electron chi connectivity index (χ0n) is 10.4. The highest BCUT2D eigenvalue weighted by Crippen LogP contribution is 2.02. The van der Waals surface area contributed by atoms with Gasteiger partial charge < -0.3 is 24.8 Å². The molecule has 0 saturated carbocycles. The molecule has 104 valence electrons. The van der Waals surface area contributed by atoms with Gasteiger partial charge in [-0.3, -0.25) is 0 Å². The Morgan fingerprint density at radius 3 is 1.35 bits per heavy atom. The predicted molar refractivity (Wildman–Crippen MR) is 68.3 cm³/mol. The van der Waals surface area contributed by atoms with Gasteiger partial charge in [0.2, 0.25) is 7.14 Å². The molecular formula is C16H12Cl2I2. The zero-order chi connectivity index (χ0) is 12.2. The second-order valence-corrected chi connectivity index (χ2v) is 8.85. The number of hydrogen-bond donors (Lipinski definition) is 0. The van der Waals surface area contributed by atoms with Crippen LogP contribution in [0, 0.1) is 7.14 Å². The standard InChI is InChI=1S/2C8H6I.2ClH/c2*1-2-4-8-7(3-1)5-6-9-8;;/h2*1-6H;2*1H/q2*+1;;/p-2. The maximum atomic E-state index is 2.31. The van der Waals surface area contributed by atoms with Crippen molar-refractivity contribution in [1.82, 2.24) is 0 Å². The number of rotatable bonds is 0. The summed E-state index contributed by atoms with van der Waals surface area (Å²) in [5.41, 5.74) is 2.87. The van der Waals surface area contributed by atoms with Gasteiger partial charge in [-0.05, 0) is 24.3 Å². The second-order valence-electron chi connectivity index (χ2n) is 3.85. The van der Waals surface area contributed by atoms with Gasteiger partial charge in [0.15, 0.2) is 8.17 Å². The van der Waals surface area contributed by atoms with Crippen molar-refractivity contribution < 1.29 is 67.2 Å². The molecule has 4 heteroatoms. The normalized spacial score (nSPS) is 12.4. The van der Waals surface area contributed by atoms with E-state index in [0.29, 0.717) is 0 Å². The lowest BCUT2D eigenvalue weighted by Crippen LogP contribution is -3.58. The van der Waals surface area contributed by atoms with E-state index in [1.807, 2.05) is 0 Å². The molecule has 2 aliphatic rings. The summed E-state index contributed by atoms with van der Waals surface area (Å²) in [6.45, 7) is 0. The molecule has 0 aliphatic carbocycles. The van der Waals surface area contributed by atoms with Crippen molar-refractivity contribution in [3.63, 3.8) is 0 Å². The maximum absolute atomic E-state index is 2.31. The molecule has 2 aromatic carbocycles. The van der Waals surface area contributed by atoms with Crippen molar-refractivity contribution in [3.05, 3.63) is 75.0 Å². The minimum atomic E-state index is 0. The summed E-state index contributed by atoms with van der Waals surface area (Å²) in [5, 5.41) is 0. The first-order valence-corrected chi connectivity index (χ1v) is 10.4. The van der Waals surface area contributed by atoms with Crippen LogP contribution in [0.1, 0.15) is 11.1 Å². The van der Waals surface area contributed by atoms with Gasteiger partial charge in [0.25, 0.3) is 0 Å². The Bertz CT molecular complexity index is 566. The molecule has 0 N–H and O–H groups in total. The molecule has 2 heterocycles. The molecule has 2 aliphatic heterocycles. The highest BCUT2D eigenvalue weighted by molar-refractivity contribution is 5.49. The van der Waals surface area contributed by atoms with Crippen LogP contribution in [0.25, 0.3) is 12.2 Å². The van der Waals surface area contributed by atoms with Gasteiger partial charge in [0.1, 0.15) is 0 Å². The largest absolute Gasteiger partial charge is 1.00 e. The van der Waals surface area contributed by atoms with E-state index in [2.05, 4.69) is 68.8 Å². The SMILES string of the molecule is C1=Cc2ccccc2[I+]1.C1=Cc2ccccc2[I+]1.[Cl-].[Cl-]. The third-order valence-corrected chi connectivity index (χ3v) is 7.40. The average molecular weight is 529 g/mol. The molecule has 0 radical (unpaired) electrons. The van der Waals surface area contributed by atoms with E-state index >= 15 is 0 Å². The van der Waals surface area contributed by atoms with Crippen LogP contribution in [0.5, 0.6) is 0 Å². The fraction of sp³-hybridized carbons (Fsp3) is 0. The summed E-state index contributed by atoms with van der Waals surface area (Å²) in [6, 6.07) is 17.2. The van der Waals surface area contributed by atoms with E-state index in [-0.39, 0.29) is 67.2 Å². The van der Waals surface area contributed by atoms with Crippen LogP contribution in [0.4, 0.5) is 0 Å². The minimum Gasteiger partial charge on any atom is -1.00 e. The zero-order valence-corrected chi connectivity index (χ0v) is 16.3. The van der Waals surface area contributed by atoms with Crippen molar-refractivity contribution in [1.29, 1.82) is 0 Å². The molecule has 4 rings (SSSR count). The molecule has 0 bridgehead atoms. The molecule has 0 amide bonds. The summed E-state index contributed by atoms with van der Waals surface area (Å²) >= 11 is 0.484. The van der Waals surface area contributed by atoms with Gasteiger partial charge in [-0.15, -0.1) is 0 Å². The fourth-order valence-electron chi connectivity index (χ4n) is 1.75. The Morgan fingerprint density at radius 1 is 0.550 bits per heavy atom. The van der Waals surface area contributed by atoms with Crippen LogP contribution >= 0.6 is 0 Å². The molecule has 0 saturated heterocycles. The van der Waals surface area contributed by atoms with Crippen molar-refractivity contribution in [2.24, 2.45) is 0 Å². The highest BCUT2D eigenvalue weighted by atomic mass is 127. The Kier molecular flexibility index (Phi) is 8.17. The van der Waals surface area contributed by atoms with Crippen molar-refractivity contribution in [2.75, 3.05) is 0 Å². The molecule has 2 aromatic rings. The van der Waals surface area contributed by atoms with Crippen molar-refractivity contribution in [2.45, 2.75) is 0 Å². The van der Waals surface area contributed by atoms with Crippen LogP contribution in [0.3, 0.4) is 0 Å². The van der Waals surface area contributed by atoms with E-state index in [1.54, 1.807) is 7.14 Å². The third kappa shape index (κ3) is 4.48. The Labute approximate surface area is 153 Å². The lowest BCUT2D eigenvalue weighted by molar-refractivity contribution is -0.551. The van der Waals surface area contributed by atoms with Crippen LogP contribution in [-0.2, 0) is 0 Å². The maximum Gasteiger partial charge on any atom is 0.350 e. The van der Waals surface area contributed by atoms with Crippen LogP contribution < -0.4 is 67.2 Å². The summed E-state index contributed by atoms with van der Waals surface area (Å²) in [6.07, 6.45) is 4.45. The summed E-state index contributed by atoms with van der Waals surface area (Å²) < 4.78 is 7.75. The monoisotopic (exact) mass is 528 g/mol. The molecular weight excluding hydrogens is 517 g/mol. The first kappa shape index (κ1) is 18.0. The summed E-state index contributed by atoms with van der Waals surface area (Å²) in [7, 11) is 0. The van der Waals surface area contributed by atoms with Gasteiger partial charge >= 0.3 is 42.4 Å². The Balaban J connectivity index is 0.000000182. The summed E-state index contributed by atoms with van der Waals surface area (Å²) in [4.78, 5) is 0. The average Bonchev–Trinajstić information content (AvgIpc) is 3.08. The van der Waals surface area contributed by atoms with Crippen molar-refractivity contribution in [3.8, 4) is 0 Å². The number of halogens is 4. The molecule has 0 nitrogen and oxygen atoms in total. The number of hydrogen-bond acceptors (Lipinski definition) is 0. The van der Waals surface area contributed by atoms with Gasteiger partial charge in [-0.2, -0.15) is 0 Å². The van der Waals surface area contributed by atoms with E-state index in [4.69, 9.17) is 0 Å². The highest BCUT2D eigenvalue weighted by Gasteiger charge is 2.18. The minimum absolute atomic E-state index is 0. The van der Waals surface area contributed by atoms with Gasteiger partial charge in [-0.1, -0.05) is 36.4 Å². The van der Waals surface area contributed by atoms with E-state index < -0.39 is 0 Å². The van der Waals surface area contributed by atoms with Crippen molar-refractivity contribution >= 4 is 12.2 Å². The lowest BCUT2D eigenvalue weighted by Gasteiger charge is -1.82. The van der Waals surface area contributed by atoms with Gasteiger partial charge in [-0.25, -0.2) is 0 Å². The Morgan fingerprint density at radius 2 is 0.950 bits per heavy atom. The first-order valence-electron chi connectivity index (χ1n) is 5.71. The quantitative estimate of drug-likeness (QED) is 0.298. The molecule has 0 unspecified atom stereocenters. The van der Waals surface area contributed by atoms with E-state index in [1.165, 1.54) is 11.1 Å². The van der Waals surface area contributed by atoms with E-state index in [0.717, 1.165) is 0 Å². The molecule has 0 fully saturated rings. The molecule has 0 aromatic heterocycles.